The molecular weight excluding hydrogens is 310 g/mol. The molecule has 1 N–H and O–H groups in total. The number of carbonyl (C=O) groups is 2. The molecule has 3 rings (SSSR count). The molecule has 2 heterocycles. The van der Waals surface area contributed by atoms with Crippen LogP contribution in [-0.4, -0.2) is 74.2 Å². The van der Waals surface area contributed by atoms with E-state index in [9.17, 15) is 9.59 Å². The van der Waals surface area contributed by atoms with E-state index < -0.39 is 5.97 Å². The van der Waals surface area contributed by atoms with Crippen LogP contribution >= 0.6 is 0 Å². The number of methoxy groups -OCH3 is 1. The maximum Gasteiger partial charge on any atom is 0.343 e. The molecule has 2 aliphatic heterocycles. The molecule has 1 aromatic carbocycles. The number of hydrogen-bond donors (Lipinski definition) is 1. The van der Waals surface area contributed by atoms with Crippen molar-refractivity contribution < 1.29 is 19.1 Å². The van der Waals surface area contributed by atoms with E-state index in [1.807, 2.05) is 24.3 Å². The van der Waals surface area contributed by atoms with Crippen molar-refractivity contribution in [3.63, 3.8) is 0 Å². The van der Waals surface area contributed by atoms with Crippen molar-refractivity contribution in [2.75, 3.05) is 46.4 Å². The number of benzene rings is 1. The molecule has 2 fully saturated rings. The molecule has 0 saturated carbocycles. The normalized spacial score (nSPS) is 21.7. The zero-order valence-electron chi connectivity index (χ0n) is 13.9. The zero-order valence-corrected chi connectivity index (χ0v) is 13.9. The van der Waals surface area contributed by atoms with Crippen LogP contribution in [-0.2, 0) is 20.9 Å². The predicted octanol–water partition coefficient (Wildman–Crippen LogP) is -0.146. The average Bonchev–Trinajstić information content (AvgIpc) is 2.61. The van der Waals surface area contributed by atoms with Crippen LogP contribution in [0.25, 0.3) is 0 Å². The SMILES string of the molecule is COC(=O)COc1ccccc1CN1CCN2CCNC(=O)C2C1. The van der Waals surface area contributed by atoms with Gasteiger partial charge in [-0.05, 0) is 6.07 Å². The van der Waals surface area contributed by atoms with Gasteiger partial charge in [0.25, 0.3) is 0 Å². The van der Waals surface area contributed by atoms with Crippen LogP contribution in [0.15, 0.2) is 24.3 Å². The van der Waals surface area contributed by atoms with Gasteiger partial charge in [0.1, 0.15) is 11.8 Å². The van der Waals surface area contributed by atoms with Crippen LogP contribution in [0.3, 0.4) is 0 Å². The number of rotatable bonds is 5. The van der Waals surface area contributed by atoms with Crippen LogP contribution in [0.1, 0.15) is 5.56 Å². The van der Waals surface area contributed by atoms with Gasteiger partial charge >= 0.3 is 5.97 Å². The maximum absolute atomic E-state index is 12.0. The van der Waals surface area contributed by atoms with Gasteiger partial charge in [0.05, 0.1) is 7.11 Å². The highest BCUT2D eigenvalue weighted by Gasteiger charge is 2.34. The van der Waals surface area contributed by atoms with Crippen molar-refractivity contribution in [2.45, 2.75) is 12.6 Å². The summed E-state index contributed by atoms with van der Waals surface area (Å²) in [5, 5.41) is 2.93. The molecule has 0 spiro atoms. The van der Waals surface area contributed by atoms with Gasteiger partial charge in [0.15, 0.2) is 6.61 Å². The van der Waals surface area contributed by atoms with Crippen molar-refractivity contribution in [1.29, 1.82) is 0 Å². The van der Waals surface area contributed by atoms with E-state index in [0.29, 0.717) is 18.8 Å². The van der Waals surface area contributed by atoms with Crippen molar-refractivity contribution >= 4 is 11.9 Å². The Morgan fingerprint density at radius 1 is 1.29 bits per heavy atom. The van der Waals surface area contributed by atoms with Gasteiger partial charge in [-0.2, -0.15) is 0 Å². The van der Waals surface area contributed by atoms with Crippen LogP contribution in [0, 0.1) is 0 Å². The molecule has 2 aliphatic rings. The van der Waals surface area contributed by atoms with Gasteiger partial charge in [-0.25, -0.2) is 4.79 Å². The van der Waals surface area contributed by atoms with E-state index in [1.165, 1.54) is 7.11 Å². The Labute approximate surface area is 141 Å². The number of fused-ring (bicyclic) bond motifs is 1. The molecular formula is C17H23N3O4. The van der Waals surface area contributed by atoms with Crippen LogP contribution < -0.4 is 10.1 Å². The standard InChI is InChI=1S/C17H23N3O4/c1-23-16(21)12-24-15-5-3-2-4-13(15)10-19-8-9-20-7-6-18-17(22)14(20)11-19/h2-5,14H,6-12H2,1H3,(H,18,22). The number of nitrogens with zero attached hydrogens (tertiary/aromatic N) is 2. The third-order valence-corrected chi connectivity index (χ3v) is 4.52. The molecule has 24 heavy (non-hydrogen) atoms. The highest BCUT2D eigenvalue weighted by atomic mass is 16.6. The summed E-state index contributed by atoms with van der Waals surface area (Å²) in [5.74, 6) is 0.386. The number of ether oxygens (including phenoxy) is 2. The smallest absolute Gasteiger partial charge is 0.343 e. The molecule has 7 nitrogen and oxygen atoms in total. The van der Waals surface area contributed by atoms with Gasteiger partial charge in [-0.15, -0.1) is 0 Å². The minimum absolute atomic E-state index is 0.0735. The summed E-state index contributed by atoms with van der Waals surface area (Å²) >= 11 is 0. The number of carbonyl (C=O) groups excluding carboxylic acids is 2. The largest absolute Gasteiger partial charge is 0.482 e. The van der Waals surface area contributed by atoms with E-state index in [4.69, 9.17) is 4.74 Å². The summed E-state index contributed by atoms with van der Waals surface area (Å²) in [6.07, 6.45) is 0. The molecule has 1 amide bonds. The second-order valence-electron chi connectivity index (χ2n) is 6.05. The summed E-state index contributed by atoms with van der Waals surface area (Å²) in [7, 11) is 1.34. The topological polar surface area (TPSA) is 71.1 Å². The third kappa shape index (κ3) is 3.85. The lowest BCUT2D eigenvalue weighted by atomic mass is 10.1. The third-order valence-electron chi connectivity index (χ3n) is 4.52. The number of piperazine rings is 2. The monoisotopic (exact) mass is 333 g/mol. The fourth-order valence-electron chi connectivity index (χ4n) is 3.19. The van der Waals surface area contributed by atoms with Crippen LogP contribution in [0.2, 0.25) is 0 Å². The fraction of sp³-hybridized carbons (Fsp3) is 0.529. The quantitative estimate of drug-likeness (QED) is 0.756. The zero-order chi connectivity index (χ0) is 16.9. The summed E-state index contributed by atoms with van der Waals surface area (Å²) in [6, 6.07) is 7.59. The van der Waals surface area contributed by atoms with Crippen LogP contribution in [0.4, 0.5) is 0 Å². The molecule has 0 radical (unpaired) electrons. The summed E-state index contributed by atoms with van der Waals surface area (Å²) in [5.41, 5.74) is 1.01. The number of amides is 1. The molecule has 1 unspecified atom stereocenters. The van der Waals surface area contributed by atoms with Gasteiger partial charge < -0.3 is 14.8 Å². The lowest BCUT2D eigenvalue weighted by Gasteiger charge is -2.43. The van der Waals surface area contributed by atoms with Crippen molar-refractivity contribution in [1.82, 2.24) is 15.1 Å². The molecule has 0 aromatic heterocycles. The Hall–Kier alpha value is -2.12. The summed E-state index contributed by atoms with van der Waals surface area (Å²) in [6.45, 7) is 4.75. The highest BCUT2D eigenvalue weighted by Crippen LogP contribution is 2.22. The fourth-order valence-corrected chi connectivity index (χ4v) is 3.19. The number of nitrogens with one attached hydrogen (secondary N) is 1. The van der Waals surface area contributed by atoms with Gasteiger partial charge in [0.2, 0.25) is 5.91 Å². The average molecular weight is 333 g/mol. The van der Waals surface area contributed by atoms with E-state index in [-0.39, 0.29) is 18.6 Å². The lowest BCUT2D eigenvalue weighted by Crippen LogP contribution is -2.63. The lowest BCUT2D eigenvalue weighted by molar-refractivity contribution is -0.143. The molecule has 2 saturated heterocycles. The second-order valence-corrected chi connectivity index (χ2v) is 6.05. The van der Waals surface area contributed by atoms with Gasteiger partial charge in [-0.3, -0.25) is 14.6 Å². The van der Waals surface area contributed by atoms with Gasteiger partial charge in [0, 0.05) is 44.8 Å². The Morgan fingerprint density at radius 3 is 2.96 bits per heavy atom. The number of para-hydroxylation sites is 1. The Kier molecular flexibility index (Phi) is 5.32. The Morgan fingerprint density at radius 2 is 2.12 bits per heavy atom. The van der Waals surface area contributed by atoms with Crippen molar-refractivity contribution in [3.8, 4) is 5.75 Å². The first kappa shape index (κ1) is 16.7. The maximum atomic E-state index is 12.0. The minimum Gasteiger partial charge on any atom is -0.482 e. The predicted molar refractivity (Wildman–Crippen MR) is 87.6 cm³/mol. The van der Waals surface area contributed by atoms with E-state index in [0.717, 1.165) is 31.7 Å². The minimum atomic E-state index is -0.405. The Balaban J connectivity index is 1.63. The first-order valence-electron chi connectivity index (χ1n) is 8.19. The molecule has 7 heteroatoms. The molecule has 130 valence electrons. The van der Waals surface area contributed by atoms with Crippen molar-refractivity contribution in [3.05, 3.63) is 29.8 Å². The Bertz CT molecular complexity index is 607. The van der Waals surface area contributed by atoms with E-state index >= 15 is 0 Å². The van der Waals surface area contributed by atoms with Crippen LogP contribution in [0.5, 0.6) is 5.75 Å². The highest BCUT2D eigenvalue weighted by molar-refractivity contribution is 5.82. The number of hydrogen-bond acceptors (Lipinski definition) is 6. The summed E-state index contributed by atoms with van der Waals surface area (Å²) < 4.78 is 10.2. The molecule has 0 aliphatic carbocycles. The first-order valence-corrected chi connectivity index (χ1v) is 8.19. The van der Waals surface area contributed by atoms with Crippen molar-refractivity contribution in [2.24, 2.45) is 0 Å². The molecule has 0 bridgehead atoms. The molecule has 1 aromatic rings. The number of esters is 1. The first-order chi connectivity index (χ1) is 11.7. The molecule has 1 atom stereocenters. The second kappa shape index (κ2) is 7.63. The van der Waals surface area contributed by atoms with E-state index in [1.54, 1.807) is 0 Å². The van der Waals surface area contributed by atoms with Gasteiger partial charge in [-0.1, -0.05) is 18.2 Å². The van der Waals surface area contributed by atoms with E-state index in [2.05, 4.69) is 19.9 Å². The summed E-state index contributed by atoms with van der Waals surface area (Å²) in [4.78, 5) is 27.8.